The van der Waals surface area contributed by atoms with E-state index in [0.29, 0.717) is 0 Å². The van der Waals surface area contributed by atoms with Crippen LogP contribution in [-0.2, 0) is 0 Å². The van der Waals surface area contributed by atoms with Crippen molar-refractivity contribution in [1.82, 2.24) is 0 Å². The van der Waals surface area contributed by atoms with Crippen LogP contribution >= 0.6 is 0 Å². The molecule has 1 aromatic rings. The number of nitrogens with one attached hydrogen (secondary N) is 1. The van der Waals surface area contributed by atoms with Crippen LogP contribution in [-0.4, -0.2) is 5.54 Å². The van der Waals surface area contributed by atoms with Gasteiger partial charge in [0.25, 0.3) is 0 Å². The molecule has 1 N–H and O–H groups in total. The molecule has 0 spiro atoms. The van der Waals surface area contributed by atoms with Crippen LogP contribution in [0.25, 0.3) is 0 Å². The summed E-state index contributed by atoms with van der Waals surface area (Å²) in [5, 5.41) is 12.5. The lowest BCUT2D eigenvalue weighted by Gasteiger charge is -2.28. The smallest absolute Gasteiger partial charge is 0.124 e. The molecule has 0 radical (unpaired) electrons. The zero-order chi connectivity index (χ0) is 11.5. The van der Waals surface area contributed by atoms with Crippen molar-refractivity contribution in [1.29, 1.82) is 5.26 Å². The molecule has 0 bridgehead atoms. The van der Waals surface area contributed by atoms with Gasteiger partial charge in [0.15, 0.2) is 0 Å². The van der Waals surface area contributed by atoms with E-state index < -0.39 is 5.54 Å². The second-order valence-corrected chi connectivity index (χ2v) is 4.46. The zero-order valence-electron chi connectivity index (χ0n) is 9.83. The second-order valence-electron chi connectivity index (χ2n) is 4.46. The molecule has 0 amide bonds. The van der Waals surface area contributed by atoms with E-state index in [0.717, 1.165) is 5.69 Å². The fraction of sp³-hybridized carbons (Fsp3) is 0.462. The Hall–Kier alpha value is -1.49. The highest BCUT2D eigenvalue weighted by atomic mass is 15.0. The number of hydrogen-bond acceptors (Lipinski definition) is 2. The molecular weight excluding hydrogens is 184 g/mol. The molecule has 0 aliphatic heterocycles. The molecule has 1 unspecified atom stereocenters. The van der Waals surface area contributed by atoms with E-state index >= 15 is 0 Å². The molecule has 0 aromatic heterocycles. The molecule has 0 aliphatic carbocycles. The van der Waals surface area contributed by atoms with Crippen molar-refractivity contribution in [2.75, 3.05) is 5.32 Å². The summed E-state index contributed by atoms with van der Waals surface area (Å²) in [6.07, 6.45) is 0. The van der Waals surface area contributed by atoms with E-state index in [1.165, 1.54) is 5.56 Å². The highest BCUT2D eigenvalue weighted by Gasteiger charge is 2.27. The van der Waals surface area contributed by atoms with Crippen molar-refractivity contribution in [3.63, 3.8) is 0 Å². The average Bonchev–Trinajstić information content (AvgIpc) is 2.17. The van der Waals surface area contributed by atoms with E-state index in [1.54, 1.807) is 0 Å². The van der Waals surface area contributed by atoms with Crippen LogP contribution in [0.15, 0.2) is 24.3 Å². The van der Waals surface area contributed by atoms with Crippen molar-refractivity contribution in [3.8, 4) is 6.07 Å². The molecule has 15 heavy (non-hydrogen) atoms. The molecule has 0 heterocycles. The number of benzene rings is 1. The van der Waals surface area contributed by atoms with Gasteiger partial charge in [0, 0.05) is 5.69 Å². The highest BCUT2D eigenvalue weighted by Crippen LogP contribution is 2.22. The minimum atomic E-state index is -0.506. The van der Waals surface area contributed by atoms with Crippen molar-refractivity contribution >= 4 is 5.69 Å². The number of nitrogens with zero attached hydrogens (tertiary/aromatic N) is 1. The van der Waals surface area contributed by atoms with Crippen LogP contribution in [0.5, 0.6) is 0 Å². The van der Waals surface area contributed by atoms with Crippen molar-refractivity contribution in [3.05, 3.63) is 29.8 Å². The van der Waals surface area contributed by atoms with Gasteiger partial charge in [-0.1, -0.05) is 26.0 Å². The molecule has 1 aromatic carbocycles. The van der Waals surface area contributed by atoms with Crippen molar-refractivity contribution in [2.24, 2.45) is 5.92 Å². The summed E-state index contributed by atoms with van der Waals surface area (Å²) in [6, 6.07) is 10.4. The van der Waals surface area contributed by atoms with Gasteiger partial charge in [-0.15, -0.1) is 0 Å². The molecule has 0 aliphatic rings. The third-order valence-corrected chi connectivity index (χ3v) is 2.81. The summed E-state index contributed by atoms with van der Waals surface area (Å²) < 4.78 is 0. The number of nitriles is 1. The van der Waals surface area contributed by atoms with E-state index in [9.17, 15) is 5.26 Å². The van der Waals surface area contributed by atoms with Gasteiger partial charge in [0.1, 0.15) is 5.54 Å². The Morgan fingerprint density at radius 1 is 1.40 bits per heavy atom. The van der Waals surface area contributed by atoms with E-state index in [4.69, 9.17) is 0 Å². The quantitative estimate of drug-likeness (QED) is 0.816. The largest absolute Gasteiger partial charge is 0.367 e. The first kappa shape index (κ1) is 11.6. The third-order valence-electron chi connectivity index (χ3n) is 2.81. The molecule has 0 fully saturated rings. The number of rotatable bonds is 3. The standard InChI is InChI=1S/C13H18N2/c1-10(2)13(4,9-14)15-12-7-5-6-11(3)8-12/h5-8,10,15H,1-4H3. The van der Waals surface area contributed by atoms with Crippen LogP contribution in [0.2, 0.25) is 0 Å². The van der Waals surface area contributed by atoms with Gasteiger partial charge in [0.2, 0.25) is 0 Å². The zero-order valence-corrected chi connectivity index (χ0v) is 9.83. The van der Waals surface area contributed by atoms with Crippen LogP contribution in [0.4, 0.5) is 5.69 Å². The monoisotopic (exact) mass is 202 g/mol. The van der Waals surface area contributed by atoms with Crippen molar-refractivity contribution < 1.29 is 0 Å². The summed E-state index contributed by atoms with van der Waals surface area (Å²) in [4.78, 5) is 0. The van der Waals surface area contributed by atoms with Crippen molar-refractivity contribution in [2.45, 2.75) is 33.2 Å². The Morgan fingerprint density at radius 2 is 2.07 bits per heavy atom. The Balaban J connectivity index is 2.90. The Bertz CT molecular complexity index is 376. The second kappa shape index (κ2) is 4.35. The normalized spacial score (nSPS) is 14.4. The highest BCUT2D eigenvalue weighted by molar-refractivity contribution is 5.49. The van der Waals surface area contributed by atoms with Gasteiger partial charge in [-0.05, 0) is 37.5 Å². The summed E-state index contributed by atoms with van der Waals surface area (Å²) in [5.41, 5.74) is 1.70. The first-order valence-corrected chi connectivity index (χ1v) is 5.24. The maximum atomic E-state index is 9.17. The molecule has 80 valence electrons. The van der Waals surface area contributed by atoms with E-state index in [2.05, 4.69) is 17.5 Å². The topological polar surface area (TPSA) is 35.8 Å². The molecule has 2 heteroatoms. The molecule has 1 atom stereocenters. The summed E-state index contributed by atoms with van der Waals surface area (Å²) >= 11 is 0. The van der Waals surface area contributed by atoms with E-state index in [1.807, 2.05) is 45.9 Å². The number of aryl methyl sites for hydroxylation is 1. The van der Waals surface area contributed by atoms with Gasteiger partial charge < -0.3 is 5.32 Å². The summed E-state index contributed by atoms with van der Waals surface area (Å²) in [7, 11) is 0. The summed E-state index contributed by atoms with van der Waals surface area (Å²) in [6.45, 7) is 8.07. The van der Waals surface area contributed by atoms with Crippen LogP contribution < -0.4 is 5.32 Å². The maximum absolute atomic E-state index is 9.17. The lowest BCUT2D eigenvalue weighted by atomic mass is 9.90. The maximum Gasteiger partial charge on any atom is 0.124 e. The van der Waals surface area contributed by atoms with Crippen LogP contribution in [0.1, 0.15) is 26.3 Å². The number of hydrogen-bond donors (Lipinski definition) is 1. The number of anilines is 1. The minimum Gasteiger partial charge on any atom is -0.367 e. The third kappa shape index (κ3) is 2.73. The van der Waals surface area contributed by atoms with Gasteiger partial charge in [-0.25, -0.2) is 0 Å². The van der Waals surface area contributed by atoms with Gasteiger partial charge >= 0.3 is 0 Å². The lowest BCUT2D eigenvalue weighted by molar-refractivity contribution is 0.464. The van der Waals surface area contributed by atoms with E-state index in [-0.39, 0.29) is 5.92 Å². The lowest BCUT2D eigenvalue weighted by Crippen LogP contribution is -2.38. The first-order chi connectivity index (χ1) is 6.98. The molecule has 0 saturated carbocycles. The van der Waals surface area contributed by atoms with Crippen LogP contribution in [0.3, 0.4) is 0 Å². The Morgan fingerprint density at radius 3 is 2.53 bits per heavy atom. The summed E-state index contributed by atoms with van der Waals surface area (Å²) in [5.74, 6) is 0.267. The minimum absolute atomic E-state index is 0.267. The molecule has 0 saturated heterocycles. The predicted molar refractivity (Wildman–Crippen MR) is 63.7 cm³/mol. The average molecular weight is 202 g/mol. The van der Waals surface area contributed by atoms with Gasteiger partial charge in [-0.2, -0.15) is 5.26 Å². The predicted octanol–water partition coefficient (Wildman–Crippen LogP) is 3.35. The first-order valence-electron chi connectivity index (χ1n) is 5.24. The SMILES string of the molecule is Cc1cccc(NC(C)(C#N)C(C)C)c1. The fourth-order valence-corrected chi connectivity index (χ4v) is 1.32. The fourth-order valence-electron chi connectivity index (χ4n) is 1.32. The molecular formula is C13H18N2. The van der Waals surface area contributed by atoms with Gasteiger partial charge in [-0.3, -0.25) is 0 Å². The van der Waals surface area contributed by atoms with Crippen LogP contribution in [0, 0.1) is 24.2 Å². The Kier molecular flexibility index (Phi) is 3.36. The van der Waals surface area contributed by atoms with Gasteiger partial charge in [0.05, 0.1) is 6.07 Å². The Labute approximate surface area is 91.9 Å². The molecule has 1 rings (SSSR count). The molecule has 2 nitrogen and oxygen atoms in total.